The summed E-state index contributed by atoms with van der Waals surface area (Å²) >= 11 is 1.76. The standard InChI is InChI=1S/C21H28N2S/c1-2-20(17-10-8-9-11-17)22-15-14-19-16-24-21(23-19)18-12-6-4-3-5-7-13-18/h3-4,6,12-13,16-17H,2,5,7-11,14-15H2,1H3. The molecule has 1 fully saturated rings. The van der Waals surface area contributed by atoms with E-state index in [2.05, 4.69) is 42.7 Å². The quantitative estimate of drug-likeness (QED) is 0.582. The average Bonchev–Trinajstić information content (AvgIpc) is 3.23. The van der Waals surface area contributed by atoms with E-state index in [0.717, 1.165) is 43.2 Å². The van der Waals surface area contributed by atoms with Crippen molar-refractivity contribution in [3.63, 3.8) is 0 Å². The number of hydrogen-bond acceptors (Lipinski definition) is 3. The van der Waals surface area contributed by atoms with Gasteiger partial charge in [0.25, 0.3) is 0 Å². The predicted octanol–water partition coefficient (Wildman–Crippen LogP) is 6.02. The van der Waals surface area contributed by atoms with Crippen molar-refractivity contribution < 1.29 is 0 Å². The predicted molar refractivity (Wildman–Crippen MR) is 106 cm³/mol. The lowest BCUT2D eigenvalue weighted by atomic mass is 10.00. The summed E-state index contributed by atoms with van der Waals surface area (Å²) in [6.45, 7) is 3.14. The number of rotatable bonds is 6. The molecule has 0 saturated heterocycles. The smallest absolute Gasteiger partial charge is 0.123 e. The monoisotopic (exact) mass is 340 g/mol. The molecule has 1 heterocycles. The summed E-state index contributed by atoms with van der Waals surface area (Å²) in [6.07, 6.45) is 20.7. The maximum atomic E-state index is 4.91. The van der Waals surface area contributed by atoms with Crippen molar-refractivity contribution in [2.75, 3.05) is 6.54 Å². The van der Waals surface area contributed by atoms with E-state index < -0.39 is 0 Å². The molecular weight excluding hydrogens is 312 g/mol. The molecule has 0 aromatic carbocycles. The molecule has 3 heteroatoms. The Labute approximate surface area is 150 Å². The van der Waals surface area contributed by atoms with E-state index in [9.17, 15) is 0 Å². The number of hydrogen-bond donors (Lipinski definition) is 0. The van der Waals surface area contributed by atoms with E-state index in [1.54, 1.807) is 11.3 Å². The average molecular weight is 341 g/mol. The summed E-state index contributed by atoms with van der Waals surface area (Å²) in [4.78, 5) is 9.74. The minimum absolute atomic E-state index is 0.763. The highest BCUT2D eigenvalue weighted by molar-refractivity contribution is 7.10. The summed E-state index contributed by atoms with van der Waals surface area (Å²) < 4.78 is 0. The molecule has 1 aromatic rings. The van der Waals surface area contributed by atoms with Crippen LogP contribution in [0, 0.1) is 5.92 Å². The van der Waals surface area contributed by atoms with Gasteiger partial charge >= 0.3 is 0 Å². The SMILES string of the molecule is CCC(=NCCc1csc(C2=CCCC=CC=C2)n1)C1CCCC1. The van der Waals surface area contributed by atoms with Crippen LogP contribution in [0.15, 0.2) is 40.8 Å². The maximum Gasteiger partial charge on any atom is 0.123 e. The van der Waals surface area contributed by atoms with Gasteiger partial charge in [-0.25, -0.2) is 4.98 Å². The molecular formula is C21H28N2S. The number of nitrogens with zero attached hydrogens (tertiary/aromatic N) is 2. The van der Waals surface area contributed by atoms with Gasteiger partial charge in [0.05, 0.1) is 5.69 Å². The Bertz CT molecular complexity index is 643. The fraction of sp³-hybridized carbons (Fsp3) is 0.524. The lowest BCUT2D eigenvalue weighted by molar-refractivity contribution is 0.707. The van der Waals surface area contributed by atoms with Crippen LogP contribution < -0.4 is 0 Å². The van der Waals surface area contributed by atoms with Gasteiger partial charge < -0.3 is 0 Å². The van der Waals surface area contributed by atoms with Crippen LogP contribution in [0.5, 0.6) is 0 Å². The van der Waals surface area contributed by atoms with Crippen LogP contribution in [0.1, 0.15) is 62.6 Å². The van der Waals surface area contributed by atoms with E-state index in [0.29, 0.717) is 0 Å². The van der Waals surface area contributed by atoms with E-state index >= 15 is 0 Å². The third kappa shape index (κ3) is 4.76. The van der Waals surface area contributed by atoms with Crippen LogP contribution in [0.4, 0.5) is 0 Å². The summed E-state index contributed by atoms with van der Waals surface area (Å²) in [6, 6.07) is 0. The molecule has 2 aliphatic rings. The second-order valence-electron chi connectivity index (χ2n) is 6.63. The lowest BCUT2D eigenvalue weighted by Gasteiger charge is -2.11. The fourth-order valence-electron chi connectivity index (χ4n) is 3.55. The lowest BCUT2D eigenvalue weighted by Crippen LogP contribution is -2.11. The van der Waals surface area contributed by atoms with Crippen LogP contribution in [0.3, 0.4) is 0 Å². The van der Waals surface area contributed by atoms with Gasteiger partial charge in [-0.3, -0.25) is 4.99 Å². The number of thiazole rings is 1. The van der Waals surface area contributed by atoms with Crippen LogP contribution in [0.25, 0.3) is 5.57 Å². The van der Waals surface area contributed by atoms with Gasteiger partial charge in [-0.15, -0.1) is 11.3 Å². The zero-order chi connectivity index (χ0) is 16.6. The molecule has 0 aliphatic heterocycles. The van der Waals surface area contributed by atoms with Crippen molar-refractivity contribution in [1.82, 2.24) is 4.98 Å². The molecule has 1 aromatic heterocycles. The molecule has 0 spiro atoms. The van der Waals surface area contributed by atoms with Gasteiger partial charge in [0, 0.05) is 29.6 Å². The Morgan fingerprint density at radius 2 is 2.12 bits per heavy atom. The molecule has 24 heavy (non-hydrogen) atoms. The second kappa shape index (κ2) is 9.12. The van der Waals surface area contributed by atoms with Crippen molar-refractivity contribution in [3.05, 3.63) is 46.5 Å². The molecule has 0 atom stereocenters. The first-order valence-corrected chi connectivity index (χ1v) is 10.3. The first-order chi connectivity index (χ1) is 11.9. The Morgan fingerprint density at radius 3 is 2.96 bits per heavy atom. The van der Waals surface area contributed by atoms with Gasteiger partial charge in [-0.05, 0) is 38.0 Å². The maximum absolute atomic E-state index is 4.91. The molecule has 0 radical (unpaired) electrons. The van der Waals surface area contributed by atoms with Crippen LogP contribution in [-0.4, -0.2) is 17.2 Å². The molecule has 1 saturated carbocycles. The van der Waals surface area contributed by atoms with E-state index in [4.69, 9.17) is 9.98 Å². The molecule has 0 amide bonds. The van der Waals surface area contributed by atoms with Gasteiger partial charge in [0.2, 0.25) is 0 Å². The zero-order valence-corrected chi connectivity index (χ0v) is 15.5. The third-order valence-electron chi connectivity index (χ3n) is 4.89. The van der Waals surface area contributed by atoms with Gasteiger partial charge in [0.15, 0.2) is 0 Å². The zero-order valence-electron chi connectivity index (χ0n) is 14.7. The molecule has 0 N–H and O–H groups in total. The van der Waals surface area contributed by atoms with Crippen LogP contribution in [-0.2, 0) is 6.42 Å². The highest BCUT2D eigenvalue weighted by Crippen LogP contribution is 2.27. The molecule has 2 nitrogen and oxygen atoms in total. The largest absolute Gasteiger partial charge is 0.293 e. The first kappa shape index (κ1) is 17.3. The number of aliphatic imine (C=N–C) groups is 1. The minimum atomic E-state index is 0.763. The number of aromatic nitrogens is 1. The van der Waals surface area contributed by atoms with Crippen molar-refractivity contribution >= 4 is 22.6 Å². The van der Waals surface area contributed by atoms with Crippen LogP contribution in [0.2, 0.25) is 0 Å². The first-order valence-electron chi connectivity index (χ1n) is 9.38. The normalized spacial score (nSPS) is 19.4. The van der Waals surface area contributed by atoms with Gasteiger partial charge in [-0.2, -0.15) is 0 Å². The topological polar surface area (TPSA) is 25.2 Å². The third-order valence-corrected chi connectivity index (χ3v) is 5.83. The Kier molecular flexibility index (Phi) is 6.59. The molecule has 2 aliphatic carbocycles. The molecule has 0 bridgehead atoms. The second-order valence-corrected chi connectivity index (χ2v) is 7.48. The Hall–Kier alpha value is -1.48. The van der Waals surface area contributed by atoms with Crippen LogP contribution >= 0.6 is 11.3 Å². The van der Waals surface area contributed by atoms with Crippen molar-refractivity contribution in [2.24, 2.45) is 10.9 Å². The van der Waals surface area contributed by atoms with Crippen molar-refractivity contribution in [1.29, 1.82) is 0 Å². The molecule has 3 rings (SSSR count). The van der Waals surface area contributed by atoms with E-state index in [1.165, 1.54) is 42.7 Å². The Balaban J connectivity index is 1.58. The molecule has 0 unspecified atom stereocenters. The number of allylic oxidation sites excluding steroid dienone is 6. The highest BCUT2D eigenvalue weighted by atomic mass is 32.1. The molecule has 128 valence electrons. The summed E-state index contributed by atoms with van der Waals surface area (Å²) in [5.74, 6) is 0.763. The van der Waals surface area contributed by atoms with E-state index in [-0.39, 0.29) is 0 Å². The highest BCUT2D eigenvalue weighted by Gasteiger charge is 2.19. The summed E-state index contributed by atoms with van der Waals surface area (Å²) in [7, 11) is 0. The van der Waals surface area contributed by atoms with Gasteiger partial charge in [0.1, 0.15) is 5.01 Å². The summed E-state index contributed by atoms with van der Waals surface area (Å²) in [5.41, 5.74) is 3.90. The van der Waals surface area contributed by atoms with Crippen molar-refractivity contribution in [2.45, 2.75) is 58.3 Å². The fourth-order valence-corrected chi connectivity index (χ4v) is 4.43. The minimum Gasteiger partial charge on any atom is -0.293 e. The summed E-state index contributed by atoms with van der Waals surface area (Å²) in [5, 5.41) is 3.35. The van der Waals surface area contributed by atoms with Crippen molar-refractivity contribution in [3.8, 4) is 0 Å². The Morgan fingerprint density at radius 1 is 1.25 bits per heavy atom. The van der Waals surface area contributed by atoms with Gasteiger partial charge in [-0.1, -0.05) is 50.1 Å². The van der Waals surface area contributed by atoms with E-state index in [1.807, 2.05) is 0 Å².